The number of thiophene rings is 1. The third-order valence-corrected chi connectivity index (χ3v) is 6.84. The summed E-state index contributed by atoms with van der Waals surface area (Å²) in [5, 5.41) is 4.91. The zero-order chi connectivity index (χ0) is 19.4. The predicted octanol–water partition coefficient (Wildman–Crippen LogP) is 4.36. The minimum Gasteiger partial charge on any atom is -0.418 e. The van der Waals surface area contributed by atoms with Crippen LogP contribution in [0.15, 0.2) is 60.6 Å². The number of hydrogen-bond acceptors (Lipinski definition) is 7. The molecule has 27 heavy (non-hydrogen) atoms. The molecular formula is C18H20BrN3O3S2. The lowest BCUT2D eigenvalue weighted by Crippen LogP contribution is -2.17. The van der Waals surface area contributed by atoms with Gasteiger partial charge < -0.3 is 14.6 Å². The lowest BCUT2D eigenvalue weighted by molar-refractivity contribution is 0.404. The van der Waals surface area contributed by atoms with Gasteiger partial charge in [-0.15, -0.1) is 11.3 Å². The number of nitrogens with one attached hydrogen (secondary N) is 1. The number of aromatic nitrogens is 1. The van der Waals surface area contributed by atoms with Gasteiger partial charge in [0.15, 0.2) is 0 Å². The number of anilines is 1. The number of halogens is 1. The summed E-state index contributed by atoms with van der Waals surface area (Å²) in [5.74, 6) is 0.482. The zero-order valence-corrected chi connectivity index (χ0v) is 18.2. The Labute approximate surface area is 171 Å². The van der Waals surface area contributed by atoms with E-state index in [2.05, 4.69) is 31.1 Å². The van der Waals surface area contributed by atoms with Crippen LogP contribution in [0, 0.1) is 0 Å². The fourth-order valence-corrected chi connectivity index (χ4v) is 4.62. The van der Waals surface area contributed by atoms with E-state index in [0.29, 0.717) is 12.4 Å². The molecule has 2 aromatic heterocycles. The molecule has 0 aliphatic rings. The van der Waals surface area contributed by atoms with E-state index in [1.807, 2.05) is 31.6 Å². The molecule has 6 nitrogen and oxygen atoms in total. The van der Waals surface area contributed by atoms with Gasteiger partial charge in [0.1, 0.15) is 0 Å². The van der Waals surface area contributed by atoms with E-state index in [0.717, 1.165) is 22.3 Å². The topological polar surface area (TPSA) is 75.4 Å². The van der Waals surface area contributed by atoms with Crippen molar-refractivity contribution in [2.75, 3.05) is 32.5 Å². The Morgan fingerprint density at radius 2 is 1.96 bits per heavy atom. The van der Waals surface area contributed by atoms with Crippen LogP contribution in [0.2, 0.25) is 0 Å². The highest BCUT2D eigenvalue weighted by Crippen LogP contribution is 2.34. The number of oxazole rings is 1. The molecule has 0 aliphatic carbocycles. The summed E-state index contributed by atoms with van der Waals surface area (Å²) in [5.41, 5.74) is 0. The van der Waals surface area contributed by atoms with E-state index in [1.165, 1.54) is 11.3 Å². The zero-order valence-electron chi connectivity index (χ0n) is 15.0. The number of nitrogens with zero attached hydrogens (tertiary/aromatic N) is 2. The molecule has 1 N–H and O–H groups in total. The highest BCUT2D eigenvalue weighted by Gasteiger charge is 2.28. The van der Waals surface area contributed by atoms with E-state index >= 15 is 0 Å². The first kappa shape index (κ1) is 20.1. The van der Waals surface area contributed by atoms with Gasteiger partial charge in [-0.25, -0.2) is 8.42 Å². The molecule has 3 rings (SSSR count). The second-order valence-electron chi connectivity index (χ2n) is 6.17. The maximum absolute atomic E-state index is 13.1. The fraction of sp³-hybridized carbons (Fsp3) is 0.278. The molecule has 0 fully saturated rings. The van der Waals surface area contributed by atoms with E-state index < -0.39 is 9.84 Å². The first-order valence-corrected chi connectivity index (χ1v) is 11.5. The Kier molecular flexibility index (Phi) is 6.36. The molecule has 0 saturated carbocycles. The van der Waals surface area contributed by atoms with Crippen molar-refractivity contribution in [2.45, 2.75) is 16.3 Å². The first-order valence-electron chi connectivity index (χ1n) is 8.32. The Hall–Kier alpha value is -1.68. The van der Waals surface area contributed by atoms with Crippen LogP contribution in [0.25, 0.3) is 10.8 Å². The highest BCUT2D eigenvalue weighted by molar-refractivity contribution is 9.10. The van der Waals surface area contributed by atoms with Gasteiger partial charge in [0.2, 0.25) is 26.6 Å². The smallest absolute Gasteiger partial charge is 0.240 e. The summed E-state index contributed by atoms with van der Waals surface area (Å²) in [6.45, 7) is 1.47. The average Bonchev–Trinajstić information content (AvgIpc) is 3.28. The average molecular weight is 470 g/mol. The molecule has 0 bridgehead atoms. The molecule has 0 unspecified atom stereocenters. The van der Waals surface area contributed by atoms with Crippen molar-refractivity contribution in [2.24, 2.45) is 0 Å². The third kappa shape index (κ3) is 4.78. The Balaban J connectivity index is 1.95. The lowest BCUT2D eigenvalue weighted by atomic mass is 10.4. The SMILES string of the molecule is CN(C)CCCNc1oc(-c2cccs2)nc1S(=O)(=O)c1ccc(Br)cc1. The summed E-state index contributed by atoms with van der Waals surface area (Å²) in [6, 6.07) is 10.2. The van der Waals surface area contributed by atoms with Gasteiger partial charge in [0.05, 0.1) is 9.77 Å². The molecule has 0 amide bonds. The summed E-state index contributed by atoms with van der Waals surface area (Å²) in [6.07, 6.45) is 0.847. The summed E-state index contributed by atoms with van der Waals surface area (Å²) >= 11 is 4.77. The van der Waals surface area contributed by atoms with Crippen LogP contribution in [0.5, 0.6) is 0 Å². The fourth-order valence-electron chi connectivity index (χ4n) is 2.43. The molecule has 3 aromatic rings. The van der Waals surface area contributed by atoms with Gasteiger partial charge in [-0.1, -0.05) is 22.0 Å². The Morgan fingerprint density at radius 3 is 2.59 bits per heavy atom. The lowest BCUT2D eigenvalue weighted by Gasteiger charge is -2.10. The van der Waals surface area contributed by atoms with Crippen LogP contribution >= 0.6 is 27.3 Å². The Morgan fingerprint density at radius 1 is 1.22 bits per heavy atom. The van der Waals surface area contributed by atoms with Crippen LogP contribution in [0.4, 0.5) is 5.88 Å². The molecule has 0 spiro atoms. The van der Waals surface area contributed by atoms with Crippen molar-refractivity contribution in [1.82, 2.24) is 9.88 Å². The van der Waals surface area contributed by atoms with E-state index in [-0.39, 0.29) is 15.8 Å². The molecule has 0 aliphatic heterocycles. The van der Waals surface area contributed by atoms with Crippen molar-refractivity contribution in [1.29, 1.82) is 0 Å². The molecule has 0 radical (unpaired) electrons. The van der Waals surface area contributed by atoms with Crippen LogP contribution in [-0.4, -0.2) is 45.5 Å². The van der Waals surface area contributed by atoms with Crippen molar-refractivity contribution in [3.05, 3.63) is 46.3 Å². The molecule has 9 heteroatoms. The maximum Gasteiger partial charge on any atom is 0.240 e. The monoisotopic (exact) mass is 469 g/mol. The quantitative estimate of drug-likeness (QED) is 0.493. The Bertz CT molecular complexity index is 982. The second-order valence-corrected chi connectivity index (χ2v) is 9.90. The largest absolute Gasteiger partial charge is 0.418 e. The van der Waals surface area contributed by atoms with Crippen LogP contribution in [0.3, 0.4) is 0 Å². The third-order valence-electron chi connectivity index (χ3n) is 3.77. The summed E-state index contributed by atoms with van der Waals surface area (Å²) < 4.78 is 32.8. The number of benzene rings is 1. The minimum absolute atomic E-state index is 0.0851. The molecule has 0 atom stereocenters. The molecule has 1 aromatic carbocycles. The van der Waals surface area contributed by atoms with Gasteiger partial charge in [-0.05, 0) is 62.8 Å². The summed E-state index contributed by atoms with van der Waals surface area (Å²) in [7, 11) is 0.182. The normalized spacial score (nSPS) is 11.9. The van der Waals surface area contributed by atoms with Crippen molar-refractivity contribution in [3.8, 4) is 10.8 Å². The van der Waals surface area contributed by atoms with Crippen molar-refractivity contribution in [3.63, 3.8) is 0 Å². The number of sulfone groups is 1. The van der Waals surface area contributed by atoms with Gasteiger partial charge in [-0.3, -0.25) is 0 Å². The molecule has 2 heterocycles. The molecule has 0 saturated heterocycles. The summed E-state index contributed by atoms with van der Waals surface area (Å²) in [4.78, 5) is 7.33. The van der Waals surface area contributed by atoms with Crippen LogP contribution in [-0.2, 0) is 9.84 Å². The number of hydrogen-bond donors (Lipinski definition) is 1. The first-order chi connectivity index (χ1) is 12.9. The predicted molar refractivity (Wildman–Crippen MR) is 111 cm³/mol. The maximum atomic E-state index is 13.1. The van der Waals surface area contributed by atoms with Crippen LogP contribution < -0.4 is 5.32 Å². The van der Waals surface area contributed by atoms with Gasteiger partial charge in [-0.2, -0.15) is 4.98 Å². The molecule has 144 valence electrons. The van der Waals surface area contributed by atoms with Crippen LogP contribution in [0.1, 0.15) is 6.42 Å². The highest BCUT2D eigenvalue weighted by atomic mass is 79.9. The van der Waals surface area contributed by atoms with E-state index in [4.69, 9.17) is 4.42 Å². The van der Waals surface area contributed by atoms with Crippen molar-refractivity contribution < 1.29 is 12.8 Å². The van der Waals surface area contributed by atoms with E-state index in [9.17, 15) is 8.42 Å². The van der Waals surface area contributed by atoms with Gasteiger partial charge in [0.25, 0.3) is 0 Å². The second kappa shape index (κ2) is 8.55. The van der Waals surface area contributed by atoms with Crippen molar-refractivity contribution >= 4 is 43.0 Å². The minimum atomic E-state index is -3.80. The molecular weight excluding hydrogens is 450 g/mol. The standard InChI is InChI=1S/C18H20BrN3O3S2/c1-22(2)11-4-10-20-17-18(21-16(25-17)15-5-3-12-26-15)27(23,24)14-8-6-13(19)7-9-14/h3,5-9,12,20H,4,10-11H2,1-2H3. The van der Waals surface area contributed by atoms with Gasteiger partial charge >= 0.3 is 0 Å². The van der Waals surface area contributed by atoms with Gasteiger partial charge in [0, 0.05) is 11.0 Å². The van der Waals surface area contributed by atoms with E-state index in [1.54, 1.807) is 24.3 Å². The number of rotatable bonds is 8.